The molecule has 0 aliphatic rings. The van der Waals surface area contributed by atoms with Gasteiger partial charge in [-0.3, -0.25) is 0 Å². The lowest BCUT2D eigenvalue weighted by molar-refractivity contribution is 1.29. The highest BCUT2D eigenvalue weighted by Crippen LogP contribution is 2.45. The van der Waals surface area contributed by atoms with Gasteiger partial charge in [0.2, 0.25) is 0 Å². The smallest absolute Gasteiger partial charge is 0.0626 e. The van der Waals surface area contributed by atoms with Crippen LogP contribution in [-0.4, -0.2) is 4.40 Å². The third kappa shape index (κ3) is 3.25. The fourth-order valence-corrected chi connectivity index (χ4v) is 7.45. The molecule has 10 aromatic rings. The number of hydrogen-bond acceptors (Lipinski definition) is 1. The maximum atomic E-state index is 2.49. The third-order valence-electron chi connectivity index (χ3n) is 9.41. The van der Waals surface area contributed by atoms with E-state index in [2.05, 4.69) is 167 Å². The molecular weight excluding hydrogens is 532 g/mol. The van der Waals surface area contributed by atoms with Crippen LogP contribution in [0.2, 0.25) is 0 Å². The monoisotopic (exact) mass is 558 g/mol. The van der Waals surface area contributed by atoms with Gasteiger partial charge in [-0.25, -0.2) is 0 Å². The largest absolute Gasteiger partial charge is 0.310 e. The molecule has 0 spiro atoms. The maximum absolute atomic E-state index is 2.49. The van der Waals surface area contributed by atoms with E-state index in [-0.39, 0.29) is 0 Å². The molecule has 2 nitrogen and oxygen atoms in total. The molecule has 0 aliphatic carbocycles. The third-order valence-corrected chi connectivity index (χ3v) is 9.41. The minimum Gasteiger partial charge on any atom is -0.310 e. The van der Waals surface area contributed by atoms with E-state index in [0.717, 1.165) is 17.1 Å². The van der Waals surface area contributed by atoms with Gasteiger partial charge in [-0.15, -0.1) is 0 Å². The molecule has 0 bridgehead atoms. The van der Waals surface area contributed by atoms with Crippen LogP contribution < -0.4 is 4.90 Å². The molecule has 0 fully saturated rings. The van der Waals surface area contributed by atoms with E-state index in [0.29, 0.717) is 0 Å². The van der Waals surface area contributed by atoms with Crippen LogP contribution in [0, 0.1) is 0 Å². The molecule has 0 amide bonds. The Hall–Kier alpha value is -5.86. The highest BCUT2D eigenvalue weighted by Gasteiger charge is 2.21. The summed E-state index contributed by atoms with van der Waals surface area (Å²) in [6, 6.07) is 57.8. The first-order chi connectivity index (χ1) is 21.8. The minimum atomic E-state index is 1.14. The lowest BCUT2D eigenvalue weighted by Gasteiger charge is -2.26. The van der Waals surface area contributed by atoms with Gasteiger partial charge in [0.15, 0.2) is 0 Å². The van der Waals surface area contributed by atoms with Gasteiger partial charge in [0.25, 0.3) is 0 Å². The fraction of sp³-hybridized carbons (Fsp3) is 0. The number of aromatic nitrogens is 1. The first-order valence-electron chi connectivity index (χ1n) is 15.2. The summed E-state index contributed by atoms with van der Waals surface area (Å²) in [5, 5.41) is 12.8. The first kappa shape index (κ1) is 23.7. The van der Waals surface area contributed by atoms with Crippen molar-refractivity contribution in [1.29, 1.82) is 0 Å². The van der Waals surface area contributed by atoms with Crippen LogP contribution in [0.25, 0.3) is 70.4 Å². The number of anilines is 3. The van der Waals surface area contributed by atoms with Crippen molar-refractivity contribution in [2.24, 2.45) is 0 Å². The summed E-state index contributed by atoms with van der Waals surface area (Å²) in [7, 11) is 0. The van der Waals surface area contributed by atoms with Crippen LogP contribution in [0.5, 0.6) is 0 Å². The van der Waals surface area contributed by atoms with Gasteiger partial charge in [-0.1, -0.05) is 109 Å². The number of benzene rings is 8. The maximum Gasteiger partial charge on any atom is 0.0626 e. The molecule has 0 radical (unpaired) electrons. The minimum absolute atomic E-state index is 1.14. The van der Waals surface area contributed by atoms with E-state index in [9.17, 15) is 0 Å². The van der Waals surface area contributed by atoms with Crippen molar-refractivity contribution in [3.05, 3.63) is 158 Å². The predicted molar refractivity (Wildman–Crippen MR) is 188 cm³/mol. The molecular formula is C42H26N2. The Balaban J connectivity index is 1.30. The van der Waals surface area contributed by atoms with Gasteiger partial charge in [-0.05, 0) is 80.8 Å². The molecule has 2 heteroatoms. The summed E-state index contributed by atoms with van der Waals surface area (Å²) in [5.41, 5.74) is 7.20. The summed E-state index contributed by atoms with van der Waals surface area (Å²) < 4.78 is 2.49. The number of rotatable bonds is 3. The molecule has 2 heterocycles. The molecule has 0 unspecified atom stereocenters. The molecule has 204 valence electrons. The van der Waals surface area contributed by atoms with Gasteiger partial charge in [0, 0.05) is 38.6 Å². The Labute approximate surface area is 253 Å². The van der Waals surface area contributed by atoms with Crippen LogP contribution in [0.4, 0.5) is 17.1 Å². The summed E-state index contributed by atoms with van der Waals surface area (Å²) in [4.78, 5) is 2.40. The number of hydrogen-bond donors (Lipinski definition) is 0. The van der Waals surface area contributed by atoms with Crippen molar-refractivity contribution in [2.75, 3.05) is 4.90 Å². The van der Waals surface area contributed by atoms with E-state index in [1.807, 2.05) is 0 Å². The lowest BCUT2D eigenvalue weighted by Crippen LogP contribution is -2.10. The molecule has 2 aromatic heterocycles. The van der Waals surface area contributed by atoms with Crippen LogP contribution in [-0.2, 0) is 0 Å². The molecule has 8 aromatic carbocycles. The van der Waals surface area contributed by atoms with Gasteiger partial charge in [0.1, 0.15) is 0 Å². The Morgan fingerprint density at radius 3 is 1.59 bits per heavy atom. The van der Waals surface area contributed by atoms with Crippen molar-refractivity contribution >= 4 is 87.5 Å². The molecule has 0 saturated carbocycles. The zero-order valence-corrected chi connectivity index (χ0v) is 23.9. The lowest BCUT2D eigenvalue weighted by atomic mass is 10.00. The zero-order chi connectivity index (χ0) is 28.8. The number of fused-ring (bicyclic) bond motifs is 10. The van der Waals surface area contributed by atoms with Crippen LogP contribution in [0.3, 0.4) is 0 Å². The van der Waals surface area contributed by atoms with E-state index in [1.54, 1.807) is 0 Å². The second kappa shape index (κ2) is 8.82. The van der Waals surface area contributed by atoms with Crippen molar-refractivity contribution in [1.82, 2.24) is 4.40 Å². The first-order valence-corrected chi connectivity index (χ1v) is 15.2. The molecule has 0 saturated heterocycles. The normalized spacial score (nSPS) is 12.1. The fourth-order valence-electron chi connectivity index (χ4n) is 7.45. The van der Waals surface area contributed by atoms with Crippen molar-refractivity contribution in [2.45, 2.75) is 0 Å². The molecule has 0 N–H and O–H groups in total. The van der Waals surface area contributed by atoms with E-state index >= 15 is 0 Å². The van der Waals surface area contributed by atoms with E-state index < -0.39 is 0 Å². The molecule has 44 heavy (non-hydrogen) atoms. The average molecular weight is 559 g/mol. The molecule has 10 rings (SSSR count). The van der Waals surface area contributed by atoms with Gasteiger partial charge in [-0.2, -0.15) is 0 Å². The second-order valence-electron chi connectivity index (χ2n) is 11.8. The van der Waals surface area contributed by atoms with Crippen LogP contribution in [0.15, 0.2) is 158 Å². The summed E-state index contributed by atoms with van der Waals surface area (Å²) in [5.74, 6) is 0. The van der Waals surface area contributed by atoms with Crippen molar-refractivity contribution in [3.63, 3.8) is 0 Å². The average Bonchev–Trinajstić information content (AvgIpc) is 3.60. The Bertz CT molecular complexity index is 2650. The Morgan fingerprint density at radius 2 is 0.886 bits per heavy atom. The summed E-state index contributed by atoms with van der Waals surface area (Å²) >= 11 is 0. The van der Waals surface area contributed by atoms with Crippen LogP contribution >= 0.6 is 0 Å². The van der Waals surface area contributed by atoms with Gasteiger partial charge in [0.05, 0.1) is 16.6 Å². The van der Waals surface area contributed by atoms with Crippen LogP contribution in [0.1, 0.15) is 0 Å². The standard InChI is InChI=1S/C42H26N2/c1-3-11-29-23-32(19-17-27(29)9-1)43(33-20-18-28-10-2-4-12-30(28)24-33)34-21-22-36-38-25-31-13-5-6-14-35(31)41-37-15-7-8-16-39(37)44(42(38)41)40(36)26-34/h1-26H. The quantitative estimate of drug-likeness (QED) is 0.209. The highest BCUT2D eigenvalue weighted by atomic mass is 15.1. The predicted octanol–water partition coefficient (Wildman–Crippen LogP) is 11.8. The molecule has 0 atom stereocenters. The van der Waals surface area contributed by atoms with E-state index in [4.69, 9.17) is 0 Å². The SMILES string of the molecule is c1ccc2cc(N(c3ccc4ccccc4c3)c3ccc4c5cc6ccccc6c6c7ccccc7n(c4c3)c56)ccc2c1. The van der Waals surface area contributed by atoms with Gasteiger partial charge < -0.3 is 9.30 Å². The highest BCUT2D eigenvalue weighted by molar-refractivity contribution is 6.31. The van der Waals surface area contributed by atoms with E-state index in [1.165, 1.54) is 70.4 Å². The summed E-state index contributed by atoms with van der Waals surface area (Å²) in [6.07, 6.45) is 0. The molecule has 0 aliphatic heterocycles. The second-order valence-corrected chi connectivity index (χ2v) is 11.8. The Morgan fingerprint density at radius 1 is 0.341 bits per heavy atom. The zero-order valence-electron chi connectivity index (χ0n) is 23.9. The number of nitrogens with zero attached hydrogens (tertiary/aromatic N) is 2. The topological polar surface area (TPSA) is 7.65 Å². The summed E-state index contributed by atoms with van der Waals surface area (Å²) in [6.45, 7) is 0. The van der Waals surface area contributed by atoms with Crippen molar-refractivity contribution < 1.29 is 0 Å². The van der Waals surface area contributed by atoms with Crippen molar-refractivity contribution in [3.8, 4) is 0 Å². The van der Waals surface area contributed by atoms with Gasteiger partial charge >= 0.3 is 0 Å². The Kier molecular flexibility index (Phi) is 4.75. The number of para-hydroxylation sites is 1.